The topological polar surface area (TPSA) is 15.7 Å². The van der Waals surface area contributed by atoms with Crippen molar-refractivity contribution in [2.45, 2.75) is 25.4 Å². The number of rotatable bonds is 4. The summed E-state index contributed by atoms with van der Waals surface area (Å²) in [5.41, 5.74) is 1.36. The molecule has 1 saturated heterocycles. The van der Waals surface area contributed by atoms with Crippen molar-refractivity contribution in [3.05, 3.63) is 29.8 Å². The fraction of sp³-hybridized carbons (Fsp3) is 0.600. The number of hydrogen-bond acceptors (Lipinski definition) is 3. The lowest BCUT2D eigenvalue weighted by Crippen LogP contribution is -2.41. The Morgan fingerprint density at radius 2 is 1.83 bits per heavy atom. The summed E-state index contributed by atoms with van der Waals surface area (Å²) in [6.45, 7) is 3.47. The highest BCUT2D eigenvalue weighted by molar-refractivity contribution is 5.27. The number of ether oxygens (including phenoxy) is 1. The third-order valence-electron chi connectivity index (χ3n) is 3.90. The van der Waals surface area contributed by atoms with E-state index >= 15 is 0 Å². The largest absolute Gasteiger partial charge is 0.497 e. The van der Waals surface area contributed by atoms with Crippen molar-refractivity contribution in [2.75, 3.05) is 34.3 Å². The molecule has 0 spiro atoms. The molecule has 3 heteroatoms. The second kappa shape index (κ2) is 6.21. The van der Waals surface area contributed by atoms with Crippen LogP contribution in [0, 0.1) is 0 Å². The lowest BCUT2D eigenvalue weighted by molar-refractivity contribution is 0.139. The zero-order chi connectivity index (χ0) is 13.0. The molecule has 1 aliphatic heterocycles. The van der Waals surface area contributed by atoms with Crippen molar-refractivity contribution < 1.29 is 4.74 Å². The van der Waals surface area contributed by atoms with Crippen molar-refractivity contribution in [2.24, 2.45) is 0 Å². The molecule has 0 bridgehead atoms. The first-order valence-electron chi connectivity index (χ1n) is 6.71. The first-order valence-corrected chi connectivity index (χ1v) is 6.71. The monoisotopic (exact) mass is 248 g/mol. The van der Waals surface area contributed by atoms with Crippen molar-refractivity contribution in [1.29, 1.82) is 0 Å². The number of nitrogens with zero attached hydrogens (tertiary/aromatic N) is 2. The van der Waals surface area contributed by atoms with Crippen molar-refractivity contribution in [3.8, 4) is 5.75 Å². The maximum atomic E-state index is 5.18. The Bertz CT molecular complexity index is 355. The van der Waals surface area contributed by atoms with E-state index in [1.165, 1.54) is 31.5 Å². The summed E-state index contributed by atoms with van der Waals surface area (Å²) >= 11 is 0. The predicted molar refractivity (Wildman–Crippen MR) is 75.0 cm³/mol. The number of piperidine rings is 1. The Morgan fingerprint density at radius 3 is 2.39 bits per heavy atom. The van der Waals surface area contributed by atoms with Gasteiger partial charge in [-0.1, -0.05) is 12.1 Å². The first kappa shape index (κ1) is 13.4. The predicted octanol–water partition coefficient (Wildman–Crippen LogP) is 2.22. The second-order valence-corrected chi connectivity index (χ2v) is 5.30. The molecule has 100 valence electrons. The van der Waals surface area contributed by atoms with Crippen molar-refractivity contribution in [3.63, 3.8) is 0 Å². The van der Waals surface area contributed by atoms with E-state index in [4.69, 9.17) is 4.74 Å². The Labute approximate surface area is 110 Å². The highest BCUT2D eigenvalue weighted by Crippen LogP contribution is 2.18. The van der Waals surface area contributed by atoms with Crippen molar-refractivity contribution >= 4 is 0 Å². The minimum Gasteiger partial charge on any atom is -0.497 e. The molecule has 1 aromatic carbocycles. The molecular weight excluding hydrogens is 224 g/mol. The van der Waals surface area contributed by atoms with Crippen LogP contribution in [-0.2, 0) is 6.54 Å². The maximum absolute atomic E-state index is 5.18. The summed E-state index contributed by atoms with van der Waals surface area (Å²) in [7, 11) is 6.15. The molecule has 2 rings (SSSR count). The van der Waals surface area contributed by atoms with Gasteiger partial charge in [-0.05, 0) is 57.7 Å². The average Bonchev–Trinajstić information content (AvgIpc) is 2.40. The van der Waals surface area contributed by atoms with Crippen LogP contribution in [0.1, 0.15) is 18.4 Å². The van der Waals surface area contributed by atoms with Crippen LogP contribution in [0.25, 0.3) is 0 Å². The molecule has 0 saturated carbocycles. The van der Waals surface area contributed by atoms with Crippen LogP contribution < -0.4 is 4.74 Å². The van der Waals surface area contributed by atoms with Gasteiger partial charge in [-0.3, -0.25) is 4.90 Å². The van der Waals surface area contributed by atoms with Gasteiger partial charge >= 0.3 is 0 Å². The quantitative estimate of drug-likeness (QED) is 0.812. The summed E-state index contributed by atoms with van der Waals surface area (Å²) in [6.07, 6.45) is 2.56. The van der Waals surface area contributed by atoms with Gasteiger partial charge in [0.25, 0.3) is 0 Å². The van der Waals surface area contributed by atoms with Gasteiger partial charge in [-0.2, -0.15) is 0 Å². The van der Waals surface area contributed by atoms with Crippen LogP contribution in [0.5, 0.6) is 5.75 Å². The molecule has 0 aliphatic carbocycles. The van der Waals surface area contributed by atoms with E-state index in [1.807, 2.05) is 12.1 Å². The molecule has 18 heavy (non-hydrogen) atoms. The molecule has 1 aromatic rings. The molecule has 3 nitrogen and oxygen atoms in total. The highest BCUT2D eigenvalue weighted by Gasteiger charge is 2.20. The summed E-state index contributed by atoms with van der Waals surface area (Å²) < 4.78 is 5.18. The third kappa shape index (κ3) is 3.47. The lowest BCUT2D eigenvalue weighted by atomic mass is 10.0. The fourth-order valence-electron chi connectivity index (χ4n) is 2.58. The molecule has 1 fully saturated rings. The smallest absolute Gasteiger partial charge is 0.118 e. The summed E-state index contributed by atoms with van der Waals surface area (Å²) in [4.78, 5) is 4.90. The Kier molecular flexibility index (Phi) is 4.61. The SMILES string of the molecule is COc1ccc(CN(C)C2CCN(C)CC2)cc1. The Hall–Kier alpha value is -1.06. The standard InChI is InChI=1S/C15H24N2O/c1-16-10-8-14(9-11-16)17(2)12-13-4-6-15(18-3)7-5-13/h4-7,14H,8-12H2,1-3H3. The Morgan fingerprint density at radius 1 is 1.22 bits per heavy atom. The second-order valence-electron chi connectivity index (χ2n) is 5.30. The van der Waals surface area contributed by atoms with Crippen molar-refractivity contribution in [1.82, 2.24) is 9.80 Å². The lowest BCUT2D eigenvalue weighted by Gasteiger charge is -2.35. The molecule has 1 aliphatic rings. The van der Waals surface area contributed by atoms with Gasteiger partial charge in [0, 0.05) is 12.6 Å². The molecular formula is C15H24N2O. The van der Waals surface area contributed by atoms with E-state index in [2.05, 4.69) is 36.0 Å². The summed E-state index contributed by atoms with van der Waals surface area (Å²) in [6, 6.07) is 9.12. The normalized spacial score (nSPS) is 18.2. The molecule has 0 unspecified atom stereocenters. The van der Waals surface area contributed by atoms with E-state index in [9.17, 15) is 0 Å². The van der Waals surface area contributed by atoms with Gasteiger partial charge in [0.15, 0.2) is 0 Å². The van der Waals surface area contributed by atoms with E-state index in [1.54, 1.807) is 7.11 Å². The van der Waals surface area contributed by atoms with Gasteiger partial charge in [0.1, 0.15) is 5.75 Å². The summed E-state index contributed by atoms with van der Waals surface area (Å²) in [5, 5.41) is 0. The van der Waals surface area contributed by atoms with Gasteiger partial charge in [0.2, 0.25) is 0 Å². The van der Waals surface area contributed by atoms with E-state index in [-0.39, 0.29) is 0 Å². The van der Waals surface area contributed by atoms with Crippen LogP contribution in [0.2, 0.25) is 0 Å². The van der Waals surface area contributed by atoms with Gasteiger partial charge in [-0.25, -0.2) is 0 Å². The van der Waals surface area contributed by atoms with Crippen LogP contribution >= 0.6 is 0 Å². The van der Waals surface area contributed by atoms with E-state index < -0.39 is 0 Å². The van der Waals surface area contributed by atoms with Crippen LogP contribution in [0.3, 0.4) is 0 Å². The van der Waals surface area contributed by atoms with Gasteiger partial charge < -0.3 is 9.64 Å². The highest BCUT2D eigenvalue weighted by atomic mass is 16.5. The van der Waals surface area contributed by atoms with E-state index in [0.717, 1.165) is 18.3 Å². The molecule has 0 aromatic heterocycles. The maximum Gasteiger partial charge on any atom is 0.118 e. The van der Waals surface area contributed by atoms with Crippen LogP contribution in [0.15, 0.2) is 24.3 Å². The van der Waals surface area contributed by atoms with Gasteiger partial charge in [0.05, 0.1) is 7.11 Å². The number of benzene rings is 1. The number of likely N-dealkylation sites (tertiary alicyclic amines) is 1. The van der Waals surface area contributed by atoms with Gasteiger partial charge in [-0.15, -0.1) is 0 Å². The molecule has 0 amide bonds. The average molecular weight is 248 g/mol. The first-order chi connectivity index (χ1) is 8.69. The van der Waals surface area contributed by atoms with Crippen LogP contribution in [0.4, 0.5) is 0 Å². The summed E-state index contributed by atoms with van der Waals surface area (Å²) in [5.74, 6) is 0.931. The Balaban J connectivity index is 1.87. The molecule has 1 heterocycles. The molecule has 0 N–H and O–H groups in total. The zero-order valence-corrected chi connectivity index (χ0v) is 11.7. The number of hydrogen-bond donors (Lipinski definition) is 0. The third-order valence-corrected chi connectivity index (χ3v) is 3.90. The van der Waals surface area contributed by atoms with Crippen LogP contribution in [-0.4, -0.2) is 50.1 Å². The minimum absolute atomic E-state index is 0.725. The number of methoxy groups -OCH3 is 1. The zero-order valence-electron chi connectivity index (χ0n) is 11.7. The molecule has 0 atom stereocenters. The molecule has 0 radical (unpaired) electrons. The fourth-order valence-corrected chi connectivity index (χ4v) is 2.58. The minimum atomic E-state index is 0.725. The van der Waals surface area contributed by atoms with E-state index in [0.29, 0.717) is 0 Å².